The molecule has 0 spiro atoms. The van der Waals surface area contributed by atoms with Crippen molar-refractivity contribution in [1.82, 2.24) is 20.5 Å². The molecule has 2 atom stereocenters. The van der Waals surface area contributed by atoms with Gasteiger partial charge in [0, 0.05) is 19.0 Å². The Balaban J connectivity index is 1.36. The molecule has 0 bridgehead atoms. The summed E-state index contributed by atoms with van der Waals surface area (Å²) in [4.78, 5) is 7.13. The van der Waals surface area contributed by atoms with Crippen LogP contribution >= 0.6 is 0 Å². The first-order chi connectivity index (χ1) is 9.83. The van der Waals surface area contributed by atoms with E-state index in [1.54, 1.807) is 0 Å². The van der Waals surface area contributed by atoms with E-state index in [-0.39, 0.29) is 0 Å². The molecule has 2 aliphatic carbocycles. The third-order valence-corrected chi connectivity index (χ3v) is 5.51. The molecular formula is C15H25N5. The predicted molar refractivity (Wildman–Crippen MR) is 78.8 cm³/mol. The van der Waals surface area contributed by atoms with Crippen molar-refractivity contribution in [2.24, 2.45) is 17.8 Å². The zero-order valence-corrected chi connectivity index (χ0v) is 12.3. The van der Waals surface area contributed by atoms with Crippen LogP contribution in [0.5, 0.6) is 0 Å². The number of hydrogen-bond donors (Lipinski definition) is 2. The van der Waals surface area contributed by atoms with E-state index < -0.39 is 0 Å². The monoisotopic (exact) mass is 275 g/mol. The van der Waals surface area contributed by atoms with Gasteiger partial charge in [-0.15, -0.1) is 5.10 Å². The SMILES string of the molecule is CNCC1CCN(c2n[nH]c(C3CC4CC4C3)n2)CC1. The molecule has 1 saturated heterocycles. The second-order valence-corrected chi connectivity index (χ2v) is 6.93. The Hall–Kier alpha value is -1.10. The maximum Gasteiger partial charge on any atom is 0.244 e. The van der Waals surface area contributed by atoms with Gasteiger partial charge in [-0.3, -0.25) is 5.10 Å². The molecule has 0 amide bonds. The van der Waals surface area contributed by atoms with Crippen LogP contribution in [-0.2, 0) is 0 Å². The Bertz CT molecular complexity index is 453. The van der Waals surface area contributed by atoms with E-state index in [1.807, 2.05) is 7.05 Å². The van der Waals surface area contributed by atoms with Crippen molar-refractivity contribution in [1.29, 1.82) is 0 Å². The van der Waals surface area contributed by atoms with E-state index in [2.05, 4.69) is 20.4 Å². The molecule has 0 radical (unpaired) electrons. The van der Waals surface area contributed by atoms with E-state index in [9.17, 15) is 0 Å². The number of H-pyrrole nitrogens is 1. The first kappa shape index (κ1) is 12.6. The summed E-state index contributed by atoms with van der Waals surface area (Å²) in [6.07, 6.45) is 6.64. The van der Waals surface area contributed by atoms with Crippen molar-refractivity contribution in [3.8, 4) is 0 Å². The zero-order chi connectivity index (χ0) is 13.5. The summed E-state index contributed by atoms with van der Waals surface area (Å²) in [5.41, 5.74) is 0. The quantitative estimate of drug-likeness (QED) is 0.879. The second kappa shape index (κ2) is 5.02. The highest BCUT2D eigenvalue weighted by molar-refractivity contribution is 5.30. The lowest BCUT2D eigenvalue weighted by Gasteiger charge is -2.31. The maximum absolute atomic E-state index is 4.79. The van der Waals surface area contributed by atoms with Crippen LogP contribution in [0.15, 0.2) is 0 Å². The fraction of sp³-hybridized carbons (Fsp3) is 0.867. The summed E-state index contributed by atoms with van der Waals surface area (Å²) >= 11 is 0. The van der Waals surface area contributed by atoms with E-state index in [1.165, 1.54) is 32.1 Å². The topological polar surface area (TPSA) is 56.8 Å². The van der Waals surface area contributed by atoms with Gasteiger partial charge >= 0.3 is 0 Å². The van der Waals surface area contributed by atoms with Gasteiger partial charge in [0.1, 0.15) is 5.82 Å². The number of fused-ring (bicyclic) bond motifs is 1. The molecular weight excluding hydrogens is 250 g/mol. The highest BCUT2D eigenvalue weighted by Crippen LogP contribution is 2.57. The molecule has 0 aromatic carbocycles. The Morgan fingerprint density at radius 1 is 1.20 bits per heavy atom. The Labute approximate surface area is 120 Å². The van der Waals surface area contributed by atoms with Crippen molar-refractivity contribution in [2.75, 3.05) is 31.6 Å². The summed E-state index contributed by atoms with van der Waals surface area (Å²) in [6.45, 7) is 3.33. The predicted octanol–water partition coefficient (Wildman–Crippen LogP) is 1.75. The standard InChI is InChI=1S/C15H25N5/c1-16-9-10-2-4-20(5-3-10)15-17-14(18-19-15)13-7-11-6-12(11)8-13/h10-13,16H,2-9H2,1H3,(H,17,18,19). The van der Waals surface area contributed by atoms with Gasteiger partial charge in [-0.05, 0) is 63.5 Å². The van der Waals surface area contributed by atoms with Crippen LogP contribution in [0.3, 0.4) is 0 Å². The zero-order valence-electron chi connectivity index (χ0n) is 12.3. The van der Waals surface area contributed by atoms with Crippen molar-refractivity contribution in [3.05, 3.63) is 5.82 Å². The molecule has 1 aliphatic heterocycles. The lowest BCUT2D eigenvalue weighted by Crippen LogP contribution is -2.37. The lowest BCUT2D eigenvalue weighted by molar-refractivity contribution is 0.391. The average Bonchev–Trinajstić information content (AvgIpc) is 2.92. The van der Waals surface area contributed by atoms with Gasteiger partial charge in [-0.1, -0.05) is 0 Å². The molecule has 2 unspecified atom stereocenters. The number of rotatable bonds is 4. The minimum absolute atomic E-state index is 0.654. The Morgan fingerprint density at radius 3 is 2.65 bits per heavy atom. The van der Waals surface area contributed by atoms with Crippen LogP contribution in [0.2, 0.25) is 0 Å². The normalized spacial score (nSPS) is 33.5. The highest BCUT2D eigenvalue weighted by atomic mass is 15.4. The Morgan fingerprint density at radius 2 is 1.95 bits per heavy atom. The summed E-state index contributed by atoms with van der Waals surface area (Å²) in [7, 11) is 2.04. The largest absolute Gasteiger partial charge is 0.340 e. The first-order valence-electron chi connectivity index (χ1n) is 8.15. The number of aromatic amines is 1. The molecule has 110 valence electrons. The molecule has 5 nitrogen and oxygen atoms in total. The maximum atomic E-state index is 4.79. The number of nitrogens with one attached hydrogen (secondary N) is 2. The van der Waals surface area contributed by atoms with Crippen molar-refractivity contribution >= 4 is 5.95 Å². The number of anilines is 1. The molecule has 2 saturated carbocycles. The summed E-state index contributed by atoms with van der Waals surface area (Å²) in [5, 5.41) is 11.0. The van der Waals surface area contributed by atoms with Crippen LogP contribution in [0, 0.1) is 17.8 Å². The van der Waals surface area contributed by atoms with E-state index in [0.717, 1.165) is 49.2 Å². The number of hydrogen-bond acceptors (Lipinski definition) is 4. The fourth-order valence-electron chi connectivity index (χ4n) is 4.15. The second-order valence-electron chi connectivity index (χ2n) is 6.93. The lowest BCUT2D eigenvalue weighted by atomic mass is 9.97. The van der Waals surface area contributed by atoms with Crippen molar-refractivity contribution in [2.45, 2.75) is 38.0 Å². The van der Waals surface area contributed by atoms with Gasteiger partial charge < -0.3 is 10.2 Å². The van der Waals surface area contributed by atoms with E-state index >= 15 is 0 Å². The molecule has 3 fully saturated rings. The molecule has 2 N–H and O–H groups in total. The van der Waals surface area contributed by atoms with Gasteiger partial charge in [0.05, 0.1) is 0 Å². The first-order valence-corrected chi connectivity index (χ1v) is 8.15. The van der Waals surface area contributed by atoms with Crippen LogP contribution in [0.25, 0.3) is 0 Å². The summed E-state index contributed by atoms with van der Waals surface area (Å²) in [5.74, 6) is 5.56. The van der Waals surface area contributed by atoms with Gasteiger partial charge in [-0.2, -0.15) is 4.98 Å². The van der Waals surface area contributed by atoms with Crippen molar-refractivity contribution in [3.63, 3.8) is 0 Å². The molecule has 3 aliphatic rings. The van der Waals surface area contributed by atoms with Crippen molar-refractivity contribution < 1.29 is 0 Å². The fourth-order valence-corrected chi connectivity index (χ4v) is 4.15. The Kier molecular flexibility index (Phi) is 3.17. The number of piperidine rings is 1. The molecule has 1 aromatic rings. The average molecular weight is 275 g/mol. The van der Waals surface area contributed by atoms with Crippen LogP contribution in [-0.4, -0.2) is 41.9 Å². The minimum atomic E-state index is 0.654. The molecule has 4 rings (SSSR count). The van der Waals surface area contributed by atoms with E-state index in [0.29, 0.717) is 5.92 Å². The van der Waals surface area contributed by atoms with Crippen LogP contribution in [0.4, 0.5) is 5.95 Å². The summed E-state index contributed by atoms with van der Waals surface area (Å²) < 4.78 is 0. The van der Waals surface area contributed by atoms with Gasteiger partial charge in [0.15, 0.2) is 0 Å². The smallest absolute Gasteiger partial charge is 0.244 e. The van der Waals surface area contributed by atoms with Gasteiger partial charge in [0.2, 0.25) is 5.95 Å². The molecule has 20 heavy (non-hydrogen) atoms. The molecule has 1 aromatic heterocycles. The van der Waals surface area contributed by atoms with Gasteiger partial charge in [0.25, 0.3) is 0 Å². The summed E-state index contributed by atoms with van der Waals surface area (Å²) in [6, 6.07) is 0. The number of nitrogens with zero attached hydrogens (tertiary/aromatic N) is 3. The molecule has 2 heterocycles. The molecule has 5 heteroatoms. The third kappa shape index (κ3) is 2.32. The van der Waals surface area contributed by atoms with Gasteiger partial charge in [-0.25, -0.2) is 0 Å². The number of aromatic nitrogens is 3. The van der Waals surface area contributed by atoms with Crippen LogP contribution < -0.4 is 10.2 Å². The minimum Gasteiger partial charge on any atom is -0.340 e. The van der Waals surface area contributed by atoms with E-state index in [4.69, 9.17) is 4.98 Å². The third-order valence-electron chi connectivity index (χ3n) is 5.51. The van der Waals surface area contributed by atoms with Crippen LogP contribution in [0.1, 0.15) is 43.8 Å². The highest BCUT2D eigenvalue weighted by Gasteiger charge is 2.47.